The van der Waals surface area contributed by atoms with Gasteiger partial charge in [-0.3, -0.25) is 4.79 Å². The summed E-state index contributed by atoms with van der Waals surface area (Å²) >= 11 is 3.45. The van der Waals surface area contributed by atoms with Crippen molar-refractivity contribution in [2.24, 2.45) is 5.73 Å². The van der Waals surface area contributed by atoms with Gasteiger partial charge in [-0.15, -0.1) is 0 Å². The summed E-state index contributed by atoms with van der Waals surface area (Å²) in [6.07, 6.45) is 0. The van der Waals surface area contributed by atoms with Crippen LogP contribution in [-0.4, -0.2) is 5.91 Å². The van der Waals surface area contributed by atoms with Crippen LogP contribution in [0.4, 0.5) is 5.69 Å². The van der Waals surface area contributed by atoms with E-state index in [1.54, 1.807) is 42.5 Å². The summed E-state index contributed by atoms with van der Waals surface area (Å²) in [5.74, 6) is -0.687. The van der Waals surface area contributed by atoms with Crippen molar-refractivity contribution < 1.29 is 13.9 Å². The molecule has 0 radical (unpaired) electrons. The number of para-hydroxylation sites is 1. The molecule has 28 heavy (non-hydrogen) atoms. The molecule has 0 bridgehead atoms. The highest BCUT2D eigenvalue weighted by atomic mass is 79.9. The first-order chi connectivity index (χ1) is 13.5. The van der Waals surface area contributed by atoms with Crippen molar-refractivity contribution in [2.75, 3.05) is 5.32 Å². The maximum absolute atomic E-state index is 13.3. The Morgan fingerprint density at radius 3 is 2.68 bits per heavy atom. The normalized spacial score (nSPS) is 19.8. The van der Waals surface area contributed by atoms with Crippen molar-refractivity contribution in [2.45, 2.75) is 5.41 Å². The monoisotopic (exact) mass is 435 g/mol. The Balaban J connectivity index is 2.05. The van der Waals surface area contributed by atoms with E-state index in [9.17, 15) is 14.9 Å². The van der Waals surface area contributed by atoms with Gasteiger partial charge in [0, 0.05) is 15.7 Å². The zero-order chi connectivity index (χ0) is 19.6. The Kier molecular flexibility index (Phi) is 3.24. The number of hydrogen-bond acceptors (Lipinski definition) is 6. The number of ether oxygens (including phenoxy) is 1. The molecule has 0 unspecified atom stereocenters. The molecule has 136 valence electrons. The van der Waals surface area contributed by atoms with Gasteiger partial charge in [-0.2, -0.15) is 5.26 Å². The minimum Gasteiger partial charge on any atom is -0.439 e. The maximum Gasteiger partial charge on any atom is 0.345 e. The number of anilines is 1. The second-order valence-corrected chi connectivity index (χ2v) is 7.26. The number of fused-ring (bicyclic) bond motifs is 6. The van der Waals surface area contributed by atoms with E-state index in [4.69, 9.17) is 14.9 Å². The molecule has 3 aromatic rings. The van der Waals surface area contributed by atoms with Crippen molar-refractivity contribution in [3.05, 3.63) is 79.9 Å². The van der Waals surface area contributed by atoms with Crippen molar-refractivity contribution in [3.8, 4) is 11.8 Å². The molecule has 3 heterocycles. The van der Waals surface area contributed by atoms with Crippen LogP contribution in [0.2, 0.25) is 0 Å². The zero-order valence-corrected chi connectivity index (χ0v) is 15.7. The summed E-state index contributed by atoms with van der Waals surface area (Å²) in [7, 11) is 0. The van der Waals surface area contributed by atoms with Crippen LogP contribution in [0.25, 0.3) is 11.0 Å². The molecule has 5 rings (SSSR count). The van der Waals surface area contributed by atoms with Crippen LogP contribution in [0, 0.1) is 11.3 Å². The Morgan fingerprint density at radius 1 is 1.11 bits per heavy atom. The van der Waals surface area contributed by atoms with Crippen molar-refractivity contribution in [1.29, 1.82) is 5.26 Å². The molecular formula is C20H10BrN3O4. The van der Waals surface area contributed by atoms with Crippen molar-refractivity contribution in [3.63, 3.8) is 0 Å². The molecule has 0 fully saturated rings. The summed E-state index contributed by atoms with van der Waals surface area (Å²) in [5, 5.41) is 13.1. The molecule has 0 aliphatic carbocycles. The van der Waals surface area contributed by atoms with Gasteiger partial charge >= 0.3 is 5.63 Å². The number of halogens is 1. The summed E-state index contributed by atoms with van der Waals surface area (Å²) < 4.78 is 11.7. The van der Waals surface area contributed by atoms with Crippen LogP contribution in [0.15, 0.2) is 67.6 Å². The number of nitrogens with two attached hydrogens (primary N) is 1. The van der Waals surface area contributed by atoms with E-state index in [1.165, 1.54) is 0 Å². The number of carbonyl (C=O) groups excluding carboxylic acids is 1. The second kappa shape index (κ2) is 5.47. The summed E-state index contributed by atoms with van der Waals surface area (Å²) in [6, 6.07) is 13.9. The van der Waals surface area contributed by atoms with Gasteiger partial charge in [0.15, 0.2) is 11.2 Å². The van der Waals surface area contributed by atoms with Gasteiger partial charge in [-0.05, 0) is 24.3 Å². The highest BCUT2D eigenvalue weighted by Gasteiger charge is 2.59. The fourth-order valence-corrected chi connectivity index (χ4v) is 4.64. The molecule has 1 amide bonds. The predicted molar refractivity (Wildman–Crippen MR) is 103 cm³/mol. The van der Waals surface area contributed by atoms with Crippen LogP contribution in [0.1, 0.15) is 11.1 Å². The van der Waals surface area contributed by atoms with E-state index in [0.29, 0.717) is 26.7 Å². The number of carbonyl (C=O) groups is 1. The Labute approximate surface area is 166 Å². The van der Waals surface area contributed by atoms with Crippen LogP contribution >= 0.6 is 15.9 Å². The molecule has 1 aromatic heterocycles. The van der Waals surface area contributed by atoms with Gasteiger partial charge < -0.3 is 20.2 Å². The van der Waals surface area contributed by atoms with Gasteiger partial charge in [0.2, 0.25) is 11.8 Å². The van der Waals surface area contributed by atoms with Gasteiger partial charge in [-0.1, -0.05) is 34.1 Å². The third-order valence-electron chi connectivity index (χ3n) is 5.06. The average Bonchev–Trinajstić information content (AvgIpc) is 2.95. The number of hydrogen-bond donors (Lipinski definition) is 2. The van der Waals surface area contributed by atoms with E-state index in [0.717, 1.165) is 0 Å². The lowest BCUT2D eigenvalue weighted by atomic mass is 9.69. The molecule has 2 aliphatic heterocycles. The molecule has 0 saturated heterocycles. The van der Waals surface area contributed by atoms with Crippen LogP contribution in [0.5, 0.6) is 5.75 Å². The third kappa shape index (κ3) is 1.81. The predicted octanol–water partition coefficient (Wildman–Crippen LogP) is 2.88. The molecule has 1 spiro atoms. The number of benzene rings is 2. The minimum absolute atomic E-state index is 0.0694. The lowest BCUT2D eigenvalue weighted by Crippen LogP contribution is -2.45. The number of nitrogens with zero attached hydrogens (tertiary/aromatic N) is 1. The fourth-order valence-electron chi connectivity index (χ4n) is 3.98. The second-order valence-electron chi connectivity index (χ2n) is 6.41. The minimum atomic E-state index is -1.77. The third-order valence-corrected chi connectivity index (χ3v) is 5.72. The molecule has 8 heteroatoms. The SMILES string of the molecule is N#CC1=C(N)Oc2c(c(=O)oc3ccccc23)[C@]12C(=O)Nc1cccc(Br)c12. The van der Waals surface area contributed by atoms with E-state index in [-0.39, 0.29) is 22.8 Å². The maximum atomic E-state index is 13.3. The number of nitriles is 1. The van der Waals surface area contributed by atoms with E-state index >= 15 is 0 Å². The number of nitrogens with one attached hydrogen (secondary N) is 1. The lowest BCUT2D eigenvalue weighted by molar-refractivity contribution is -0.118. The Bertz CT molecular complexity index is 1350. The molecular weight excluding hydrogens is 426 g/mol. The summed E-state index contributed by atoms with van der Waals surface area (Å²) in [6.45, 7) is 0. The standard InChI is InChI=1S/C20H10BrN3O4/c21-11-5-3-6-12-14(11)20(19(26)24-12)10(8-22)17(23)28-16-9-4-1-2-7-13(9)27-18(25)15(16)20/h1-7H,23H2,(H,24,26)/t20-/m0/s1. The molecule has 3 N–H and O–H groups in total. The fraction of sp³-hybridized carbons (Fsp3) is 0.0500. The van der Waals surface area contributed by atoms with Crippen LogP contribution in [-0.2, 0) is 10.2 Å². The van der Waals surface area contributed by atoms with Crippen LogP contribution < -0.4 is 21.4 Å². The zero-order valence-electron chi connectivity index (χ0n) is 14.1. The summed E-state index contributed by atoms with van der Waals surface area (Å²) in [5.41, 5.74) is 4.49. The molecule has 0 saturated carbocycles. The molecule has 1 atom stereocenters. The average molecular weight is 436 g/mol. The molecule has 2 aliphatic rings. The topological polar surface area (TPSA) is 118 Å². The van der Waals surface area contributed by atoms with Gasteiger partial charge in [0.05, 0.1) is 5.39 Å². The number of amides is 1. The van der Waals surface area contributed by atoms with Crippen molar-refractivity contribution >= 4 is 38.5 Å². The molecule has 7 nitrogen and oxygen atoms in total. The Morgan fingerprint density at radius 2 is 1.89 bits per heavy atom. The van der Waals surface area contributed by atoms with Gasteiger partial charge in [0.25, 0.3) is 0 Å². The molecule has 2 aromatic carbocycles. The largest absolute Gasteiger partial charge is 0.439 e. The van der Waals surface area contributed by atoms with E-state index in [2.05, 4.69) is 21.2 Å². The lowest BCUT2D eigenvalue weighted by Gasteiger charge is -2.33. The Hall–Kier alpha value is -3.57. The summed E-state index contributed by atoms with van der Waals surface area (Å²) in [4.78, 5) is 26.4. The quantitative estimate of drug-likeness (QED) is 0.524. The highest BCUT2D eigenvalue weighted by molar-refractivity contribution is 9.10. The first kappa shape index (κ1) is 16.6. The number of rotatable bonds is 0. The smallest absolute Gasteiger partial charge is 0.345 e. The van der Waals surface area contributed by atoms with E-state index in [1.807, 2.05) is 6.07 Å². The van der Waals surface area contributed by atoms with Crippen LogP contribution in [0.3, 0.4) is 0 Å². The van der Waals surface area contributed by atoms with E-state index < -0.39 is 16.9 Å². The first-order valence-corrected chi connectivity index (χ1v) is 9.04. The van der Waals surface area contributed by atoms with Gasteiger partial charge in [-0.25, -0.2) is 4.79 Å². The first-order valence-electron chi connectivity index (χ1n) is 8.25. The highest BCUT2D eigenvalue weighted by Crippen LogP contribution is 2.55. The van der Waals surface area contributed by atoms with Gasteiger partial charge in [0.1, 0.15) is 22.8 Å². The van der Waals surface area contributed by atoms with Crippen molar-refractivity contribution in [1.82, 2.24) is 0 Å².